The van der Waals surface area contributed by atoms with Gasteiger partial charge in [-0.3, -0.25) is 24.3 Å². The number of rotatable bonds is 9. The van der Waals surface area contributed by atoms with Crippen molar-refractivity contribution < 1.29 is 32.7 Å². The van der Waals surface area contributed by atoms with Crippen LogP contribution in [0.25, 0.3) is 21.8 Å². The third-order valence-corrected chi connectivity index (χ3v) is 10.1. The SMILES string of the molecule is CCN(Cc1ccc(F)cc1C)C(=O)C(=O)Nc1cnc(N)c2cn(C3CCCCO3)nc12.CCN(Cc1ccc(F)cc1C)C(=O)C(=O)Nc1cnc(N)c2cn[nH]c12. The molecule has 1 aliphatic rings. The van der Waals surface area contributed by atoms with Crippen molar-refractivity contribution >= 4 is 68.4 Å². The number of anilines is 4. The first-order chi connectivity index (χ1) is 28.8. The van der Waals surface area contributed by atoms with E-state index in [-0.39, 0.29) is 42.6 Å². The Balaban J connectivity index is 0.000000205. The van der Waals surface area contributed by atoms with Crippen LogP contribution >= 0.6 is 0 Å². The van der Waals surface area contributed by atoms with Crippen LogP contribution in [0.1, 0.15) is 61.6 Å². The molecule has 5 heterocycles. The summed E-state index contributed by atoms with van der Waals surface area (Å²) in [5.41, 5.74) is 16.3. The molecule has 0 radical (unpaired) electrons. The molecule has 1 fully saturated rings. The van der Waals surface area contributed by atoms with Crippen LogP contribution < -0.4 is 22.1 Å². The van der Waals surface area contributed by atoms with Gasteiger partial charge in [-0.25, -0.2) is 23.4 Å². The van der Waals surface area contributed by atoms with Gasteiger partial charge in [-0.2, -0.15) is 10.2 Å². The van der Waals surface area contributed by atoms with Crippen LogP contribution in [0, 0.1) is 25.5 Å². The molecule has 60 heavy (non-hydrogen) atoms. The number of aryl methyl sites for hydroxylation is 2. The van der Waals surface area contributed by atoms with E-state index in [1.165, 1.54) is 52.7 Å². The molecule has 1 saturated heterocycles. The van der Waals surface area contributed by atoms with E-state index in [1.54, 1.807) is 50.7 Å². The molecule has 0 saturated carbocycles. The molecular weight excluding hydrogens is 779 g/mol. The molecule has 4 amide bonds. The van der Waals surface area contributed by atoms with Crippen LogP contribution in [-0.4, -0.2) is 83.1 Å². The summed E-state index contributed by atoms with van der Waals surface area (Å²) in [5, 5.41) is 17.5. The molecule has 0 spiro atoms. The number of fused-ring (bicyclic) bond motifs is 2. The summed E-state index contributed by atoms with van der Waals surface area (Å²) < 4.78 is 34.1. The zero-order valence-corrected chi connectivity index (χ0v) is 33.6. The standard InChI is InChI=1S/C23H27FN6O3.C18H19FN6O2/c1-3-29(12-15-7-8-16(24)10-14(15)2)23(32)22(31)27-18-11-26-21(25)17-13-30(28-20(17)18)19-6-4-5-9-33-19;1-3-25(9-11-4-5-12(19)6-10(11)2)18(27)17(26)23-14-8-21-16(20)13-7-22-24-15(13)14/h7-8,10-11,13,19H,3-6,9,12H2,1-2H3,(H2,25,26)(H,27,31);4-8H,3,9H2,1-2H3,(H2,20,21)(H,22,24)(H,23,26). The number of nitrogens with zero attached hydrogens (tertiary/aromatic N) is 7. The van der Waals surface area contributed by atoms with Crippen LogP contribution in [0.5, 0.6) is 0 Å². The summed E-state index contributed by atoms with van der Waals surface area (Å²) in [4.78, 5) is 61.6. The lowest BCUT2D eigenvalue weighted by atomic mass is 10.1. The number of amides is 4. The number of nitrogen functional groups attached to an aromatic ring is 2. The molecule has 6 aromatic rings. The minimum absolute atomic E-state index is 0.192. The highest BCUT2D eigenvalue weighted by Gasteiger charge is 2.26. The summed E-state index contributed by atoms with van der Waals surface area (Å²) in [7, 11) is 0. The number of nitrogens with two attached hydrogens (primary N) is 2. The maximum absolute atomic E-state index is 13.4. The Kier molecular flexibility index (Phi) is 13.3. The van der Waals surface area contributed by atoms with E-state index in [1.807, 2.05) is 0 Å². The van der Waals surface area contributed by atoms with Crippen molar-refractivity contribution in [1.29, 1.82) is 0 Å². The van der Waals surface area contributed by atoms with Crippen molar-refractivity contribution in [3.8, 4) is 0 Å². The Morgan fingerprint density at radius 2 is 1.37 bits per heavy atom. The van der Waals surface area contributed by atoms with Gasteiger partial charge in [0.2, 0.25) is 0 Å². The number of nitrogens with one attached hydrogen (secondary N) is 3. The van der Waals surface area contributed by atoms with Crippen LogP contribution in [0.3, 0.4) is 0 Å². The van der Waals surface area contributed by atoms with Gasteiger partial charge in [0.05, 0.1) is 46.3 Å². The molecule has 7 N–H and O–H groups in total. The highest BCUT2D eigenvalue weighted by molar-refractivity contribution is 6.40. The van der Waals surface area contributed by atoms with E-state index in [9.17, 15) is 28.0 Å². The number of hydrogen-bond acceptors (Lipinski definition) is 11. The fraction of sp³-hybridized carbons (Fsp3) is 0.317. The molecule has 19 heteroatoms. The average Bonchev–Trinajstić information content (AvgIpc) is 3.93. The summed E-state index contributed by atoms with van der Waals surface area (Å²) in [6.07, 6.45) is 8.67. The number of aromatic nitrogens is 6. The van der Waals surface area contributed by atoms with Gasteiger partial charge in [0.15, 0.2) is 0 Å². The van der Waals surface area contributed by atoms with Gasteiger partial charge in [-0.15, -0.1) is 0 Å². The number of H-pyrrole nitrogens is 1. The molecule has 314 valence electrons. The number of aromatic amines is 1. The van der Waals surface area contributed by atoms with Crippen LogP contribution in [-0.2, 0) is 37.0 Å². The molecule has 1 atom stereocenters. The lowest BCUT2D eigenvalue weighted by Gasteiger charge is -2.22. The van der Waals surface area contributed by atoms with Crippen LogP contribution in [0.15, 0.2) is 61.2 Å². The lowest BCUT2D eigenvalue weighted by molar-refractivity contribution is -0.143. The van der Waals surface area contributed by atoms with E-state index in [0.717, 1.165) is 30.4 Å². The number of carbonyl (C=O) groups is 4. The van der Waals surface area contributed by atoms with Crippen LogP contribution in [0.2, 0.25) is 0 Å². The number of ether oxygens (including phenoxy) is 1. The molecule has 1 unspecified atom stereocenters. The predicted octanol–water partition coefficient (Wildman–Crippen LogP) is 5.12. The van der Waals surface area contributed by atoms with Crippen molar-refractivity contribution in [2.75, 3.05) is 41.8 Å². The molecule has 0 bridgehead atoms. The monoisotopic (exact) mass is 824 g/mol. The van der Waals surface area contributed by atoms with Gasteiger partial charge in [0.25, 0.3) is 0 Å². The Hall–Kier alpha value is -7.02. The molecule has 17 nitrogen and oxygen atoms in total. The molecule has 0 aliphatic carbocycles. The fourth-order valence-electron chi connectivity index (χ4n) is 6.64. The second kappa shape index (κ2) is 18.7. The highest BCUT2D eigenvalue weighted by atomic mass is 19.1. The normalized spacial score (nSPS) is 13.7. The molecular formula is C41H46F2N12O5. The van der Waals surface area contributed by atoms with Crippen molar-refractivity contribution in [2.24, 2.45) is 0 Å². The fourth-order valence-corrected chi connectivity index (χ4v) is 6.64. The second-order valence-electron chi connectivity index (χ2n) is 14.2. The zero-order chi connectivity index (χ0) is 43.1. The van der Waals surface area contributed by atoms with Gasteiger partial charge in [0.1, 0.15) is 35.0 Å². The van der Waals surface area contributed by atoms with E-state index < -0.39 is 23.6 Å². The second-order valence-corrected chi connectivity index (χ2v) is 14.2. The first-order valence-corrected chi connectivity index (χ1v) is 19.3. The van der Waals surface area contributed by atoms with E-state index in [0.29, 0.717) is 64.0 Å². The number of carbonyl (C=O) groups excluding carboxylic acids is 4. The number of halogens is 2. The topological polar surface area (TPSA) is 232 Å². The van der Waals surface area contributed by atoms with Crippen molar-refractivity contribution in [3.05, 3.63) is 95.1 Å². The number of hydrogen-bond donors (Lipinski definition) is 5. The van der Waals surface area contributed by atoms with E-state index in [4.69, 9.17) is 16.2 Å². The van der Waals surface area contributed by atoms with Crippen LogP contribution in [0.4, 0.5) is 31.8 Å². The Bertz CT molecular complexity index is 2550. The third-order valence-electron chi connectivity index (χ3n) is 10.1. The van der Waals surface area contributed by atoms with Gasteiger partial charge < -0.3 is 36.6 Å². The van der Waals surface area contributed by atoms with Gasteiger partial charge in [-0.05, 0) is 93.5 Å². The number of pyridine rings is 2. The van der Waals surface area contributed by atoms with Gasteiger partial charge >= 0.3 is 23.6 Å². The molecule has 7 rings (SSSR count). The quantitative estimate of drug-likeness (QED) is 0.120. The Morgan fingerprint density at radius 3 is 1.90 bits per heavy atom. The van der Waals surface area contributed by atoms with E-state index >= 15 is 0 Å². The smallest absolute Gasteiger partial charge is 0.314 e. The number of likely N-dealkylation sites (N-methyl/N-ethyl adjacent to an activating group) is 2. The highest BCUT2D eigenvalue weighted by Crippen LogP contribution is 2.30. The minimum Gasteiger partial charge on any atom is -0.383 e. The van der Waals surface area contributed by atoms with Crippen molar-refractivity contribution in [3.63, 3.8) is 0 Å². The Morgan fingerprint density at radius 1 is 0.817 bits per heavy atom. The first kappa shape index (κ1) is 42.6. The predicted molar refractivity (Wildman–Crippen MR) is 221 cm³/mol. The van der Waals surface area contributed by atoms with Gasteiger partial charge in [0, 0.05) is 39.0 Å². The maximum atomic E-state index is 13.4. The van der Waals surface area contributed by atoms with Gasteiger partial charge in [-0.1, -0.05) is 12.1 Å². The molecule has 2 aromatic carbocycles. The molecule has 4 aromatic heterocycles. The summed E-state index contributed by atoms with van der Waals surface area (Å²) in [5.74, 6) is -3.17. The Labute approximate surface area is 343 Å². The maximum Gasteiger partial charge on any atom is 0.314 e. The largest absolute Gasteiger partial charge is 0.383 e. The summed E-state index contributed by atoms with van der Waals surface area (Å²) in [6, 6.07) is 8.68. The van der Waals surface area contributed by atoms with E-state index in [2.05, 4.69) is 35.9 Å². The minimum atomic E-state index is -0.812. The first-order valence-electron chi connectivity index (χ1n) is 19.3. The summed E-state index contributed by atoms with van der Waals surface area (Å²) in [6.45, 7) is 8.75. The number of benzene rings is 2. The van der Waals surface area contributed by atoms with Crippen molar-refractivity contribution in [2.45, 2.75) is 66.3 Å². The van der Waals surface area contributed by atoms with Crippen molar-refractivity contribution in [1.82, 2.24) is 39.7 Å². The third kappa shape index (κ3) is 9.63. The summed E-state index contributed by atoms with van der Waals surface area (Å²) >= 11 is 0. The molecule has 1 aliphatic heterocycles. The zero-order valence-electron chi connectivity index (χ0n) is 33.6. The lowest BCUT2D eigenvalue weighted by Crippen LogP contribution is -2.39. The average molecular weight is 825 g/mol.